The first-order valence-electron chi connectivity index (χ1n) is 9.26. The number of hydrogen-bond acceptors (Lipinski definition) is 3. The summed E-state index contributed by atoms with van der Waals surface area (Å²) in [7, 11) is 0. The fraction of sp³-hybridized carbons (Fsp3) is 0.190. The molecule has 3 aromatic rings. The van der Waals surface area contributed by atoms with Crippen molar-refractivity contribution in [2.45, 2.75) is 18.9 Å². The second-order valence-corrected chi connectivity index (χ2v) is 6.84. The maximum Gasteiger partial charge on any atom is 0.416 e. The lowest BCUT2D eigenvalue weighted by Crippen LogP contribution is -2.32. The zero-order valence-corrected chi connectivity index (χ0v) is 16.5. The van der Waals surface area contributed by atoms with E-state index >= 15 is 0 Å². The van der Waals surface area contributed by atoms with E-state index in [1.165, 1.54) is 36.4 Å². The highest BCUT2D eigenvalue weighted by Crippen LogP contribution is 2.36. The normalized spacial score (nSPS) is 12.0. The fourth-order valence-electron chi connectivity index (χ4n) is 2.85. The van der Waals surface area contributed by atoms with Gasteiger partial charge in [-0.05, 0) is 48.5 Å². The van der Waals surface area contributed by atoms with Gasteiger partial charge in [0.25, 0.3) is 11.5 Å². The van der Waals surface area contributed by atoms with E-state index in [1.54, 1.807) is 0 Å². The molecule has 174 valence electrons. The molecule has 12 heteroatoms. The molecule has 0 aliphatic rings. The summed E-state index contributed by atoms with van der Waals surface area (Å²) in [4.78, 5) is 24.2. The number of aromatic nitrogens is 2. The van der Waals surface area contributed by atoms with E-state index in [9.17, 15) is 40.3 Å². The number of nitrogens with one attached hydrogen (secondary N) is 1. The minimum Gasteiger partial charge on any atom is -0.350 e. The number of rotatable bonds is 5. The molecule has 0 aliphatic heterocycles. The lowest BCUT2D eigenvalue weighted by molar-refractivity contribution is -0.143. The second kappa shape index (κ2) is 9.04. The van der Waals surface area contributed by atoms with Crippen LogP contribution in [-0.4, -0.2) is 22.2 Å². The molecular formula is C21H14F7N3O2. The van der Waals surface area contributed by atoms with Gasteiger partial charge in [-0.3, -0.25) is 9.59 Å². The minimum atomic E-state index is -5.09. The van der Waals surface area contributed by atoms with E-state index in [-0.39, 0.29) is 19.2 Å². The predicted octanol–water partition coefficient (Wildman–Crippen LogP) is 4.52. The lowest BCUT2D eigenvalue weighted by Gasteiger charge is -2.14. The number of alkyl halides is 6. The third-order valence-corrected chi connectivity index (χ3v) is 4.47. The zero-order valence-electron chi connectivity index (χ0n) is 16.5. The fourth-order valence-corrected chi connectivity index (χ4v) is 2.85. The molecule has 0 saturated heterocycles. The molecule has 0 unspecified atom stereocenters. The number of amides is 1. The van der Waals surface area contributed by atoms with Crippen LogP contribution in [0.3, 0.4) is 0 Å². The van der Waals surface area contributed by atoms with Crippen LogP contribution < -0.4 is 10.9 Å². The van der Waals surface area contributed by atoms with Crippen molar-refractivity contribution < 1.29 is 35.5 Å². The van der Waals surface area contributed by atoms with Crippen molar-refractivity contribution >= 4 is 5.91 Å². The standard InChI is InChI=1S/C21H14F7N3O2/c22-16-3-1-12(2-4-16)17-5-6-18(32)31(30-17)8-7-29-19(33)13-9-14(20(23,24)25)11-15(10-13)21(26,27)28/h1-6,9-11H,7-8H2,(H,29,33). The summed E-state index contributed by atoms with van der Waals surface area (Å²) in [6, 6.07) is 8.35. The van der Waals surface area contributed by atoms with Crippen LogP contribution in [0.5, 0.6) is 0 Å². The molecule has 0 fully saturated rings. The maximum absolute atomic E-state index is 13.1. The van der Waals surface area contributed by atoms with Crippen molar-refractivity contribution in [1.29, 1.82) is 0 Å². The van der Waals surface area contributed by atoms with Gasteiger partial charge >= 0.3 is 12.4 Å². The molecule has 0 radical (unpaired) electrons. The highest BCUT2D eigenvalue weighted by molar-refractivity contribution is 5.94. The molecule has 3 rings (SSSR count). The van der Waals surface area contributed by atoms with Gasteiger partial charge in [0.05, 0.1) is 23.4 Å². The van der Waals surface area contributed by atoms with Crippen molar-refractivity contribution in [3.05, 3.63) is 87.5 Å². The van der Waals surface area contributed by atoms with Crippen molar-refractivity contribution in [2.24, 2.45) is 0 Å². The van der Waals surface area contributed by atoms with Crippen LogP contribution in [0.4, 0.5) is 30.7 Å². The third-order valence-electron chi connectivity index (χ3n) is 4.47. The Kier molecular flexibility index (Phi) is 6.56. The molecule has 33 heavy (non-hydrogen) atoms. The summed E-state index contributed by atoms with van der Waals surface area (Å²) in [5.74, 6) is -1.66. The second-order valence-electron chi connectivity index (χ2n) is 6.84. The zero-order chi connectivity index (χ0) is 24.4. The molecule has 0 saturated carbocycles. The monoisotopic (exact) mass is 473 g/mol. The molecule has 0 atom stereocenters. The predicted molar refractivity (Wildman–Crippen MR) is 103 cm³/mol. The number of carbonyl (C=O) groups is 1. The average molecular weight is 473 g/mol. The minimum absolute atomic E-state index is 0.0821. The molecule has 2 aromatic carbocycles. The van der Waals surface area contributed by atoms with Crippen LogP contribution in [0, 0.1) is 5.82 Å². The highest BCUT2D eigenvalue weighted by atomic mass is 19.4. The SMILES string of the molecule is O=C(NCCn1nc(-c2ccc(F)cc2)ccc1=O)c1cc(C(F)(F)F)cc(C(F)(F)F)c1. The third kappa shape index (κ3) is 5.96. The van der Waals surface area contributed by atoms with Gasteiger partial charge in [0.1, 0.15) is 5.82 Å². The van der Waals surface area contributed by atoms with E-state index in [0.29, 0.717) is 23.4 Å². The van der Waals surface area contributed by atoms with Crippen molar-refractivity contribution in [1.82, 2.24) is 15.1 Å². The van der Waals surface area contributed by atoms with E-state index in [1.807, 2.05) is 0 Å². The Bertz CT molecular complexity index is 1180. The Morgan fingerprint density at radius 1 is 0.879 bits per heavy atom. The first kappa shape index (κ1) is 24.0. The molecule has 1 aromatic heterocycles. The van der Waals surface area contributed by atoms with Gasteiger partial charge in [-0.2, -0.15) is 31.4 Å². The van der Waals surface area contributed by atoms with E-state index < -0.39 is 46.3 Å². The molecule has 0 bridgehead atoms. The topological polar surface area (TPSA) is 64.0 Å². The van der Waals surface area contributed by atoms with Crippen LogP contribution in [0.15, 0.2) is 59.4 Å². The lowest BCUT2D eigenvalue weighted by atomic mass is 10.0. The summed E-state index contributed by atoms with van der Waals surface area (Å²) in [5, 5.41) is 6.24. The van der Waals surface area contributed by atoms with Crippen molar-refractivity contribution in [2.75, 3.05) is 6.54 Å². The van der Waals surface area contributed by atoms with Gasteiger partial charge in [-0.15, -0.1) is 0 Å². The molecule has 0 spiro atoms. The van der Waals surface area contributed by atoms with E-state index in [2.05, 4.69) is 10.4 Å². The number of hydrogen-bond donors (Lipinski definition) is 1. The van der Waals surface area contributed by atoms with Crippen LogP contribution in [-0.2, 0) is 18.9 Å². The molecule has 5 nitrogen and oxygen atoms in total. The van der Waals surface area contributed by atoms with Gasteiger partial charge in [0, 0.05) is 23.7 Å². The van der Waals surface area contributed by atoms with E-state index in [0.717, 1.165) is 4.68 Å². The summed E-state index contributed by atoms with van der Waals surface area (Å²) in [6.45, 7) is -0.527. The van der Waals surface area contributed by atoms with Gasteiger partial charge in [-0.1, -0.05) is 0 Å². The van der Waals surface area contributed by atoms with Crippen LogP contribution in [0.2, 0.25) is 0 Å². The number of halogens is 7. The molecule has 0 aliphatic carbocycles. The largest absolute Gasteiger partial charge is 0.416 e. The van der Waals surface area contributed by atoms with Crippen LogP contribution in [0.1, 0.15) is 21.5 Å². The van der Waals surface area contributed by atoms with Gasteiger partial charge in [0.2, 0.25) is 0 Å². The van der Waals surface area contributed by atoms with Crippen molar-refractivity contribution in [3.8, 4) is 11.3 Å². The Hall–Kier alpha value is -3.70. The Morgan fingerprint density at radius 2 is 1.45 bits per heavy atom. The highest BCUT2D eigenvalue weighted by Gasteiger charge is 2.37. The maximum atomic E-state index is 13.1. The molecular weight excluding hydrogens is 459 g/mol. The number of benzene rings is 2. The number of carbonyl (C=O) groups excluding carboxylic acids is 1. The van der Waals surface area contributed by atoms with Crippen LogP contribution in [0.25, 0.3) is 11.3 Å². The molecule has 1 heterocycles. The number of nitrogens with zero attached hydrogens (tertiary/aromatic N) is 2. The van der Waals surface area contributed by atoms with Gasteiger partial charge < -0.3 is 5.32 Å². The Balaban J connectivity index is 1.76. The van der Waals surface area contributed by atoms with Gasteiger partial charge in [-0.25, -0.2) is 9.07 Å². The van der Waals surface area contributed by atoms with Gasteiger partial charge in [0.15, 0.2) is 0 Å². The first-order chi connectivity index (χ1) is 15.3. The van der Waals surface area contributed by atoms with Crippen molar-refractivity contribution in [3.63, 3.8) is 0 Å². The quantitative estimate of drug-likeness (QED) is 0.555. The average Bonchev–Trinajstić information content (AvgIpc) is 2.74. The molecule has 1 N–H and O–H groups in total. The van der Waals surface area contributed by atoms with E-state index in [4.69, 9.17) is 0 Å². The smallest absolute Gasteiger partial charge is 0.350 e. The summed E-state index contributed by atoms with van der Waals surface area (Å²) < 4.78 is 91.7. The first-order valence-corrected chi connectivity index (χ1v) is 9.26. The Morgan fingerprint density at radius 3 is 2.00 bits per heavy atom. The Labute approximate surface area is 181 Å². The molecule has 1 amide bonds. The summed E-state index contributed by atoms with van der Waals surface area (Å²) in [5.41, 5.74) is -3.82. The summed E-state index contributed by atoms with van der Waals surface area (Å²) in [6.07, 6.45) is -10.2. The summed E-state index contributed by atoms with van der Waals surface area (Å²) >= 11 is 0. The van der Waals surface area contributed by atoms with Crippen LogP contribution >= 0.6 is 0 Å².